The Morgan fingerprint density at radius 2 is 1.82 bits per heavy atom. The number of benzene rings is 3. The van der Waals surface area contributed by atoms with Gasteiger partial charge < -0.3 is 10.1 Å². The first-order valence-corrected chi connectivity index (χ1v) is 11.3. The van der Waals surface area contributed by atoms with Crippen molar-refractivity contribution in [2.24, 2.45) is 0 Å². The highest BCUT2D eigenvalue weighted by atomic mass is 79.9. The number of anilines is 1. The predicted octanol–water partition coefficient (Wildman–Crippen LogP) is 6.28. The molecule has 0 spiro atoms. The fourth-order valence-electron chi connectivity index (χ4n) is 3.51. The van der Waals surface area contributed by atoms with Gasteiger partial charge in [0, 0.05) is 15.6 Å². The normalized spacial score (nSPS) is 10.8. The van der Waals surface area contributed by atoms with Gasteiger partial charge in [0.25, 0.3) is 5.91 Å². The number of amides is 1. The lowest BCUT2D eigenvalue weighted by Gasteiger charge is -2.10. The molecule has 1 N–H and O–H groups in total. The van der Waals surface area contributed by atoms with Crippen molar-refractivity contribution in [1.29, 1.82) is 0 Å². The summed E-state index contributed by atoms with van der Waals surface area (Å²) >= 11 is 3.40. The van der Waals surface area contributed by atoms with Crippen LogP contribution in [0.4, 0.5) is 10.1 Å². The molecule has 33 heavy (non-hydrogen) atoms. The minimum atomic E-state index is -0.280. The van der Waals surface area contributed by atoms with Crippen molar-refractivity contribution < 1.29 is 13.9 Å². The van der Waals surface area contributed by atoms with E-state index < -0.39 is 0 Å². The van der Waals surface area contributed by atoms with E-state index in [2.05, 4.69) is 26.3 Å². The summed E-state index contributed by atoms with van der Waals surface area (Å²) in [4.78, 5) is 12.9. The van der Waals surface area contributed by atoms with E-state index in [1.54, 1.807) is 28.9 Å². The molecule has 0 aliphatic carbocycles. The lowest BCUT2D eigenvalue weighted by Crippen LogP contribution is -2.14. The summed E-state index contributed by atoms with van der Waals surface area (Å²) in [5.41, 5.74) is 4.01. The van der Waals surface area contributed by atoms with Crippen molar-refractivity contribution in [1.82, 2.24) is 9.78 Å². The van der Waals surface area contributed by atoms with E-state index in [4.69, 9.17) is 4.74 Å². The zero-order valence-corrected chi connectivity index (χ0v) is 19.9. The summed E-state index contributed by atoms with van der Waals surface area (Å²) in [5, 5.41) is 7.45. The third-order valence-electron chi connectivity index (χ3n) is 5.31. The molecule has 0 saturated carbocycles. The van der Waals surface area contributed by atoms with Crippen molar-refractivity contribution in [3.05, 3.63) is 111 Å². The third-order valence-corrected chi connectivity index (χ3v) is 5.83. The molecule has 0 saturated heterocycles. The molecule has 0 unspecified atom stereocenters. The maximum atomic E-state index is 14.0. The van der Waals surface area contributed by atoms with Crippen molar-refractivity contribution in [2.45, 2.75) is 27.0 Å². The number of nitrogens with one attached hydrogen (secondary N) is 1. The summed E-state index contributed by atoms with van der Waals surface area (Å²) in [5.74, 6) is 0.233. The second kappa shape index (κ2) is 10.0. The molecule has 1 aromatic heterocycles. The van der Waals surface area contributed by atoms with Crippen LogP contribution in [0.5, 0.6) is 5.75 Å². The van der Waals surface area contributed by atoms with Crippen LogP contribution in [-0.4, -0.2) is 15.7 Å². The Bertz CT molecular complexity index is 1290. The number of carbonyl (C=O) groups is 1. The van der Waals surface area contributed by atoms with Crippen molar-refractivity contribution in [2.75, 3.05) is 5.32 Å². The lowest BCUT2D eigenvalue weighted by molar-refractivity contribution is 0.102. The zero-order chi connectivity index (χ0) is 23.4. The SMILES string of the molecule is Cc1nn(Cc2ccccc2F)c(C)c1NC(=O)c1cccc(COc2ccc(Br)cc2)c1. The van der Waals surface area contributed by atoms with E-state index >= 15 is 0 Å². The molecular formula is C26H23BrFN3O2. The largest absolute Gasteiger partial charge is 0.489 e. The van der Waals surface area contributed by atoms with Gasteiger partial charge in [0.2, 0.25) is 0 Å². The van der Waals surface area contributed by atoms with Gasteiger partial charge in [-0.2, -0.15) is 5.10 Å². The number of halogens is 2. The topological polar surface area (TPSA) is 56.2 Å². The second-order valence-corrected chi connectivity index (χ2v) is 8.61. The van der Waals surface area contributed by atoms with Gasteiger partial charge in [-0.05, 0) is 61.9 Å². The molecule has 0 aliphatic heterocycles. The van der Waals surface area contributed by atoms with Crippen LogP contribution in [0.15, 0.2) is 77.3 Å². The van der Waals surface area contributed by atoms with Gasteiger partial charge in [-0.3, -0.25) is 9.48 Å². The Hall–Kier alpha value is -3.45. The molecule has 5 nitrogen and oxygen atoms in total. The summed E-state index contributed by atoms with van der Waals surface area (Å²) in [6.45, 7) is 4.32. The van der Waals surface area contributed by atoms with Crippen LogP contribution in [0, 0.1) is 19.7 Å². The van der Waals surface area contributed by atoms with Gasteiger partial charge in [-0.25, -0.2) is 4.39 Å². The Balaban J connectivity index is 1.46. The average molecular weight is 508 g/mol. The number of hydrogen-bond donors (Lipinski definition) is 1. The second-order valence-electron chi connectivity index (χ2n) is 7.69. The number of ether oxygens (including phenoxy) is 1. The molecule has 4 aromatic rings. The number of hydrogen-bond acceptors (Lipinski definition) is 3. The van der Waals surface area contributed by atoms with Crippen LogP contribution in [0.1, 0.15) is 32.9 Å². The van der Waals surface area contributed by atoms with E-state index in [1.807, 2.05) is 56.3 Å². The molecule has 4 rings (SSSR count). The molecule has 168 valence electrons. The Kier molecular flexibility index (Phi) is 6.89. The van der Waals surface area contributed by atoms with Crippen LogP contribution >= 0.6 is 15.9 Å². The third kappa shape index (κ3) is 5.49. The monoisotopic (exact) mass is 507 g/mol. The average Bonchev–Trinajstić information content (AvgIpc) is 3.07. The molecule has 0 atom stereocenters. The molecule has 0 aliphatic rings. The Morgan fingerprint density at radius 3 is 2.58 bits per heavy atom. The lowest BCUT2D eigenvalue weighted by atomic mass is 10.1. The van der Waals surface area contributed by atoms with E-state index in [-0.39, 0.29) is 18.3 Å². The minimum Gasteiger partial charge on any atom is -0.489 e. The summed E-state index contributed by atoms with van der Waals surface area (Å²) in [6.07, 6.45) is 0. The van der Waals surface area contributed by atoms with Crippen LogP contribution in [0.3, 0.4) is 0 Å². The number of nitrogens with zero attached hydrogens (tertiary/aromatic N) is 2. The molecule has 0 radical (unpaired) electrons. The van der Waals surface area contributed by atoms with E-state index in [9.17, 15) is 9.18 Å². The van der Waals surface area contributed by atoms with Crippen molar-refractivity contribution in [3.8, 4) is 5.75 Å². The quantitative estimate of drug-likeness (QED) is 0.320. The van der Waals surface area contributed by atoms with Gasteiger partial charge in [0.05, 0.1) is 23.6 Å². The fourth-order valence-corrected chi connectivity index (χ4v) is 3.77. The number of carbonyl (C=O) groups excluding carboxylic acids is 1. The molecule has 1 amide bonds. The minimum absolute atomic E-state index is 0.239. The van der Waals surface area contributed by atoms with Crippen LogP contribution < -0.4 is 10.1 Å². The highest BCUT2D eigenvalue weighted by molar-refractivity contribution is 9.10. The van der Waals surface area contributed by atoms with Crippen LogP contribution in [0.25, 0.3) is 0 Å². The van der Waals surface area contributed by atoms with E-state index in [1.165, 1.54) is 6.07 Å². The molecule has 1 heterocycles. The van der Waals surface area contributed by atoms with E-state index in [0.29, 0.717) is 29.1 Å². The smallest absolute Gasteiger partial charge is 0.255 e. The van der Waals surface area contributed by atoms with Crippen LogP contribution in [0.2, 0.25) is 0 Å². The van der Waals surface area contributed by atoms with Crippen molar-refractivity contribution >= 4 is 27.5 Å². The first-order valence-electron chi connectivity index (χ1n) is 10.5. The molecule has 0 fully saturated rings. The van der Waals surface area contributed by atoms with Gasteiger partial charge in [-0.1, -0.05) is 46.3 Å². The predicted molar refractivity (Wildman–Crippen MR) is 130 cm³/mol. The molecular weight excluding hydrogens is 485 g/mol. The Labute approximate surface area is 200 Å². The van der Waals surface area contributed by atoms with Gasteiger partial charge in [0.1, 0.15) is 18.2 Å². The van der Waals surface area contributed by atoms with Gasteiger partial charge in [-0.15, -0.1) is 0 Å². The zero-order valence-electron chi connectivity index (χ0n) is 18.3. The summed E-state index contributed by atoms with van der Waals surface area (Å²) in [7, 11) is 0. The first-order chi connectivity index (χ1) is 15.9. The maximum Gasteiger partial charge on any atom is 0.255 e. The summed E-state index contributed by atoms with van der Waals surface area (Å²) < 4.78 is 22.5. The van der Waals surface area contributed by atoms with Crippen molar-refractivity contribution in [3.63, 3.8) is 0 Å². The standard InChI is InChI=1S/C26H23BrFN3O2/c1-17-25(18(2)31(30-17)15-21-7-3-4-9-24(21)28)29-26(32)20-8-5-6-19(14-20)16-33-23-12-10-22(27)11-13-23/h3-14H,15-16H2,1-2H3,(H,29,32). The summed E-state index contributed by atoms with van der Waals surface area (Å²) in [6, 6.07) is 21.5. The fraction of sp³-hybridized carbons (Fsp3) is 0.154. The highest BCUT2D eigenvalue weighted by Crippen LogP contribution is 2.23. The number of aryl methyl sites for hydroxylation is 1. The number of rotatable bonds is 7. The molecule has 3 aromatic carbocycles. The molecule has 0 bridgehead atoms. The van der Waals surface area contributed by atoms with Gasteiger partial charge >= 0.3 is 0 Å². The first kappa shape index (κ1) is 22.7. The van der Waals surface area contributed by atoms with E-state index in [0.717, 1.165) is 21.5 Å². The van der Waals surface area contributed by atoms with Gasteiger partial charge in [0.15, 0.2) is 0 Å². The molecule has 7 heteroatoms. The Morgan fingerprint density at radius 1 is 1.06 bits per heavy atom. The van der Waals surface area contributed by atoms with Crippen LogP contribution in [-0.2, 0) is 13.2 Å². The number of aromatic nitrogens is 2. The highest BCUT2D eigenvalue weighted by Gasteiger charge is 2.16. The maximum absolute atomic E-state index is 14.0.